The summed E-state index contributed by atoms with van der Waals surface area (Å²) in [7, 11) is 1.58. The second-order valence-electron chi connectivity index (χ2n) is 10.9. The maximum Gasteiger partial charge on any atom is 0.343 e. The van der Waals surface area contributed by atoms with Crippen LogP contribution in [0.1, 0.15) is 46.0 Å². The summed E-state index contributed by atoms with van der Waals surface area (Å²) in [6, 6.07) is 22.6. The highest BCUT2D eigenvalue weighted by atomic mass is 16.6. The zero-order chi connectivity index (χ0) is 31.9. The first kappa shape index (κ1) is 29.6. The van der Waals surface area contributed by atoms with Gasteiger partial charge in [0.1, 0.15) is 23.9 Å². The lowest BCUT2D eigenvalue weighted by Crippen LogP contribution is -2.44. The van der Waals surface area contributed by atoms with Gasteiger partial charge < -0.3 is 29.4 Å². The van der Waals surface area contributed by atoms with Crippen molar-refractivity contribution in [1.82, 2.24) is 9.55 Å². The van der Waals surface area contributed by atoms with E-state index >= 15 is 0 Å². The second kappa shape index (κ2) is 11.5. The topological polar surface area (TPSA) is 148 Å². The molecular weight excluding hydrogens is 576 g/mol. The Bertz CT molecular complexity index is 2030. The Hall–Kier alpha value is -5.48. The van der Waals surface area contributed by atoms with Crippen molar-refractivity contribution >= 4 is 22.7 Å². The highest BCUT2D eigenvalue weighted by Gasteiger charge is 2.45. The van der Waals surface area contributed by atoms with Crippen molar-refractivity contribution < 1.29 is 34.4 Å². The van der Waals surface area contributed by atoms with Gasteiger partial charge in [0.05, 0.1) is 41.7 Å². The number of phenols is 2. The zero-order valence-corrected chi connectivity index (χ0v) is 24.6. The number of fused-ring (bicyclic) bond motifs is 5. The van der Waals surface area contributed by atoms with Crippen LogP contribution in [0.15, 0.2) is 83.7 Å². The number of carbonyl (C=O) groups excluding carboxylic acids is 2. The van der Waals surface area contributed by atoms with Crippen molar-refractivity contribution in [3.05, 3.63) is 117 Å². The first-order chi connectivity index (χ1) is 21.6. The third-order valence-corrected chi connectivity index (χ3v) is 8.22. The Morgan fingerprint density at radius 2 is 1.78 bits per heavy atom. The van der Waals surface area contributed by atoms with Gasteiger partial charge in [-0.1, -0.05) is 37.3 Å². The first-order valence-electron chi connectivity index (χ1n) is 14.4. The Kier molecular flexibility index (Phi) is 7.59. The predicted molar refractivity (Wildman–Crippen MR) is 165 cm³/mol. The Morgan fingerprint density at radius 1 is 1.02 bits per heavy atom. The number of ether oxygens (including phenoxy) is 2. The minimum atomic E-state index is -1.79. The van der Waals surface area contributed by atoms with Gasteiger partial charge in [-0.3, -0.25) is 9.59 Å². The summed E-state index contributed by atoms with van der Waals surface area (Å²) in [6.07, 6.45) is 0.321. The number of Topliss-reactive ketones (excluding diaryl/α,β-unsaturated/α-hetero) is 1. The van der Waals surface area contributed by atoms with Crippen LogP contribution in [0.2, 0.25) is 0 Å². The molecule has 0 spiro atoms. The second-order valence-corrected chi connectivity index (χ2v) is 10.9. The maximum absolute atomic E-state index is 13.0. The van der Waals surface area contributed by atoms with Crippen molar-refractivity contribution in [3.63, 3.8) is 0 Å². The number of hydrogen-bond acceptors (Lipinski definition) is 9. The minimum Gasteiger partial charge on any atom is -0.508 e. The van der Waals surface area contributed by atoms with E-state index in [1.165, 1.54) is 12.1 Å². The number of pyridine rings is 2. The number of benzene rings is 3. The highest BCUT2D eigenvalue weighted by Crippen LogP contribution is 2.38. The summed E-state index contributed by atoms with van der Waals surface area (Å²) < 4.78 is 11.8. The predicted octanol–water partition coefficient (Wildman–Crippen LogP) is 4.61. The average Bonchev–Trinajstić information content (AvgIpc) is 3.40. The number of aliphatic hydroxyl groups is 1. The minimum absolute atomic E-state index is 0.0708. The molecule has 0 amide bonds. The number of nitrogens with zero attached hydrogens (tertiary/aromatic N) is 2. The molecule has 4 heterocycles. The maximum atomic E-state index is 13.0. The van der Waals surface area contributed by atoms with E-state index in [1.54, 1.807) is 48.9 Å². The van der Waals surface area contributed by atoms with Crippen LogP contribution in [0, 0.1) is 0 Å². The first-order valence-corrected chi connectivity index (χ1v) is 14.4. The van der Waals surface area contributed by atoms with Crippen LogP contribution < -0.4 is 10.3 Å². The number of carbonyl (C=O) groups is 2. The zero-order valence-electron chi connectivity index (χ0n) is 24.6. The molecule has 1 unspecified atom stereocenters. The van der Waals surface area contributed by atoms with Gasteiger partial charge in [-0.25, -0.2) is 9.78 Å². The van der Waals surface area contributed by atoms with Crippen molar-refractivity contribution in [1.29, 1.82) is 0 Å². The molecule has 0 fully saturated rings. The van der Waals surface area contributed by atoms with Crippen LogP contribution in [-0.4, -0.2) is 43.7 Å². The molecule has 3 N–H and O–H groups in total. The Morgan fingerprint density at radius 3 is 2.49 bits per heavy atom. The van der Waals surface area contributed by atoms with E-state index in [0.29, 0.717) is 23.4 Å². The molecule has 0 aliphatic carbocycles. The quantitative estimate of drug-likeness (QED) is 0.189. The summed E-state index contributed by atoms with van der Waals surface area (Å²) >= 11 is 0. The van der Waals surface area contributed by atoms with Gasteiger partial charge in [-0.2, -0.15) is 0 Å². The van der Waals surface area contributed by atoms with E-state index in [1.807, 2.05) is 30.3 Å². The number of cyclic esters (lactones) is 1. The van der Waals surface area contributed by atoms with E-state index in [9.17, 15) is 29.7 Å². The van der Waals surface area contributed by atoms with Crippen LogP contribution in [-0.2, 0) is 34.7 Å². The number of aromatic nitrogens is 2. The number of esters is 1. The molecule has 0 radical (unpaired) electrons. The molecular formula is C35H30N2O8. The van der Waals surface area contributed by atoms with Crippen LogP contribution in [0.25, 0.3) is 22.3 Å². The number of ketones is 1. The molecule has 10 heteroatoms. The van der Waals surface area contributed by atoms with E-state index in [4.69, 9.17) is 14.5 Å². The van der Waals surface area contributed by atoms with Gasteiger partial charge in [0.2, 0.25) is 0 Å². The molecule has 2 aromatic heterocycles. The van der Waals surface area contributed by atoms with Gasteiger partial charge in [-0.05, 0) is 54.4 Å². The number of aromatic hydroxyl groups is 2. The van der Waals surface area contributed by atoms with Crippen molar-refractivity contribution in [2.75, 3.05) is 7.11 Å². The van der Waals surface area contributed by atoms with Crippen LogP contribution in [0.3, 0.4) is 0 Å². The average molecular weight is 607 g/mol. The molecule has 3 aromatic carbocycles. The SMILES string of the molecule is CCC1(O)C(=O)OCc2c1cc1n(c2=O)Cc2cc3ccccc3nc2-1.COc1ccc(CC(=O)c2ccc(O)cc2O)cc1. The van der Waals surface area contributed by atoms with Gasteiger partial charge in [0, 0.05) is 29.0 Å². The number of hydrogen-bond donors (Lipinski definition) is 3. The van der Waals surface area contributed by atoms with Gasteiger partial charge >= 0.3 is 5.97 Å². The number of methoxy groups -OCH3 is 1. The third-order valence-electron chi connectivity index (χ3n) is 8.22. The van der Waals surface area contributed by atoms with Gasteiger partial charge in [-0.15, -0.1) is 0 Å². The van der Waals surface area contributed by atoms with E-state index in [-0.39, 0.29) is 47.9 Å². The lowest BCUT2D eigenvalue weighted by Gasteiger charge is -2.31. The fourth-order valence-electron chi connectivity index (χ4n) is 5.70. The van der Waals surface area contributed by atoms with Crippen molar-refractivity contribution in [2.24, 2.45) is 0 Å². The molecule has 228 valence electrons. The fraction of sp³-hybridized carbons (Fsp3) is 0.200. The molecule has 2 aliphatic rings. The molecule has 0 saturated carbocycles. The molecule has 5 aromatic rings. The molecule has 7 rings (SSSR count). The summed E-state index contributed by atoms with van der Waals surface area (Å²) in [5.41, 5.74) is 2.85. The van der Waals surface area contributed by atoms with E-state index < -0.39 is 11.6 Å². The number of phenolic OH excluding ortho intramolecular Hbond substituents is 2. The summed E-state index contributed by atoms with van der Waals surface area (Å²) in [5.74, 6) is -0.468. The molecule has 45 heavy (non-hydrogen) atoms. The monoisotopic (exact) mass is 606 g/mol. The van der Waals surface area contributed by atoms with Crippen molar-refractivity contribution in [3.8, 4) is 28.6 Å². The standard InChI is InChI=1S/C20H16N2O4.C15H14O4/c1-2-20(25)14-8-16-17-12(7-11-5-3-4-6-15(11)21-17)9-22(16)18(23)13(14)10-26-19(20)24;1-19-12-5-2-10(3-6-12)8-14(17)13-7-4-11(16)9-15(13)18/h3-8,25H,2,9-10H2,1H3;2-7,9,16,18H,8H2,1H3. The van der Waals surface area contributed by atoms with E-state index in [0.717, 1.165) is 39.5 Å². The largest absolute Gasteiger partial charge is 0.508 e. The highest BCUT2D eigenvalue weighted by molar-refractivity contribution is 6.00. The smallest absolute Gasteiger partial charge is 0.343 e. The molecule has 0 bridgehead atoms. The molecule has 0 saturated heterocycles. The van der Waals surface area contributed by atoms with E-state index in [2.05, 4.69) is 0 Å². The van der Waals surface area contributed by atoms with Crippen LogP contribution in [0.4, 0.5) is 0 Å². The summed E-state index contributed by atoms with van der Waals surface area (Å²) in [6.45, 7) is 2.01. The molecule has 2 aliphatic heterocycles. The Balaban J connectivity index is 0.000000168. The Labute approximate surface area is 257 Å². The lowest BCUT2D eigenvalue weighted by molar-refractivity contribution is -0.172. The van der Waals surface area contributed by atoms with Crippen LogP contribution in [0.5, 0.6) is 17.2 Å². The normalized spacial score (nSPS) is 16.1. The molecule has 1 atom stereocenters. The third kappa shape index (κ3) is 5.29. The van der Waals surface area contributed by atoms with Gasteiger partial charge in [0.25, 0.3) is 5.56 Å². The lowest BCUT2D eigenvalue weighted by atomic mass is 9.86. The van der Waals surface area contributed by atoms with Crippen LogP contribution >= 0.6 is 0 Å². The summed E-state index contributed by atoms with van der Waals surface area (Å²) in [4.78, 5) is 41.9. The summed E-state index contributed by atoms with van der Waals surface area (Å²) in [5, 5.41) is 30.6. The fourth-order valence-corrected chi connectivity index (χ4v) is 5.70. The van der Waals surface area contributed by atoms with Crippen molar-refractivity contribution in [2.45, 2.75) is 38.5 Å². The molecule has 10 nitrogen and oxygen atoms in total. The number of para-hydroxylation sites is 1. The van der Waals surface area contributed by atoms with Gasteiger partial charge in [0.15, 0.2) is 11.4 Å². The number of rotatable bonds is 5.